The van der Waals surface area contributed by atoms with E-state index in [2.05, 4.69) is 0 Å². The van der Waals surface area contributed by atoms with Crippen LogP contribution < -0.4 is 4.74 Å². The second kappa shape index (κ2) is 6.07. The number of piperidine rings is 1. The summed E-state index contributed by atoms with van der Waals surface area (Å²) < 4.78 is 32.2. The third-order valence-corrected chi connectivity index (χ3v) is 3.61. The first-order valence-electron chi connectivity index (χ1n) is 6.49. The van der Waals surface area contributed by atoms with Gasteiger partial charge in [-0.3, -0.25) is 9.59 Å². The number of aliphatic carboxylic acids is 1. The fraction of sp³-hybridized carbons (Fsp3) is 0.429. The van der Waals surface area contributed by atoms with E-state index in [1.54, 1.807) is 0 Å². The molecular weight excluding hydrogens is 284 g/mol. The summed E-state index contributed by atoms with van der Waals surface area (Å²) >= 11 is 0. The van der Waals surface area contributed by atoms with Crippen molar-refractivity contribution in [1.29, 1.82) is 0 Å². The van der Waals surface area contributed by atoms with Gasteiger partial charge in [0.1, 0.15) is 11.4 Å². The second-order valence-electron chi connectivity index (χ2n) is 4.84. The van der Waals surface area contributed by atoms with Gasteiger partial charge in [0.2, 0.25) is 0 Å². The average Bonchev–Trinajstić information content (AvgIpc) is 2.48. The summed E-state index contributed by atoms with van der Waals surface area (Å²) in [6.45, 7) is 0.379. The first-order valence-corrected chi connectivity index (χ1v) is 6.49. The normalized spacial score (nSPS) is 15.9. The Morgan fingerprint density at radius 3 is 2.33 bits per heavy atom. The van der Waals surface area contributed by atoms with E-state index in [1.807, 2.05) is 0 Å². The fourth-order valence-electron chi connectivity index (χ4n) is 2.42. The van der Waals surface area contributed by atoms with Crippen molar-refractivity contribution >= 4 is 11.9 Å². The predicted octanol–water partition coefficient (Wildman–Crippen LogP) is 1.91. The first kappa shape index (κ1) is 15.2. The molecule has 0 radical (unpaired) electrons. The van der Waals surface area contributed by atoms with Crippen molar-refractivity contribution in [3.8, 4) is 5.75 Å². The number of carboxylic acids is 1. The van der Waals surface area contributed by atoms with Gasteiger partial charge in [0.25, 0.3) is 5.91 Å². The van der Waals surface area contributed by atoms with E-state index in [0.29, 0.717) is 12.8 Å². The molecule has 0 unspecified atom stereocenters. The summed E-state index contributed by atoms with van der Waals surface area (Å²) in [7, 11) is 1.16. The van der Waals surface area contributed by atoms with Crippen molar-refractivity contribution in [3.63, 3.8) is 0 Å². The van der Waals surface area contributed by atoms with Crippen LogP contribution in [0.2, 0.25) is 0 Å². The molecule has 0 bridgehead atoms. The summed E-state index contributed by atoms with van der Waals surface area (Å²) in [5.74, 6) is -4.21. The lowest BCUT2D eigenvalue weighted by molar-refractivity contribution is -0.143. The molecule has 5 nitrogen and oxygen atoms in total. The van der Waals surface area contributed by atoms with Gasteiger partial charge < -0.3 is 14.7 Å². The number of hydrogen-bond acceptors (Lipinski definition) is 3. The van der Waals surface area contributed by atoms with Crippen LogP contribution in [0.15, 0.2) is 12.1 Å². The number of rotatable bonds is 3. The quantitative estimate of drug-likeness (QED) is 0.926. The SMILES string of the molecule is COc1c(F)ccc(F)c1C(=O)N1CCC(C(=O)O)CC1. The minimum Gasteiger partial charge on any atom is -0.493 e. The Labute approximate surface area is 120 Å². The van der Waals surface area contributed by atoms with E-state index in [-0.39, 0.29) is 13.1 Å². The molecule has 1 fully saturated rings. The van der Waals surface area contributed by atoms with Crippen LogP contribution in [-0.2, 0) is 4.79 Å². The Bertz CT molecular complexity index is 568. The smallest absolute Gasteiger partial charge is 0.306 e. The van der Waals surface area contributed by atoms with Gasteiger partial charge in [0.05, 0.1) is 13.0 Å². The number of hydrogen-bond donors (Lipinski definition) is 1. The summed E-state index contributed by atoms with van der Waals surface area (Å²) in [4.78, 5) is 24.5. The van der Waals surface area contributed by atoms with Crippen molar-refractivity contribution in [2.45, 2.75) is 12.8 Å². The number of nitrogens with zero attached hydrogens (tertiary/aromatic N) is 1. The lowest BCUT2D eigenvalue weighted by atomic mass is 9.96. The number of methoxy groups -OCH3 is 1. The molecule has 0 saturated carbocycles. The highest BCUT2D eigenvalue weighted by Crippen LogP contribution is 2.28. The monoisotopic (exact) mass is 299 g/mol. The highest BCUT2D eigenvalue weighted by Gasteiger charge is 2.31. The maximum atomic E-state index is 13.8. The molecule has 1 amide bonds. The van der Waals surface area contributed by atoms with Crippen LogP contribution in [0.4, 0.5) is 8.78 Å². The molecule has 1 aromatic carbocycles. The van der Waals surface area contributed by atoms with Crippen molar-refractivity contribution in [2.75, 3.05) is 20.2 Å². The number of carbonyl (C=O) groups is 2. The molecule has 2 rings (SSSR count). The summed E-state index contributed by atoms with van der Waals surface area (Å²) in [5.41, 5.74) is -0.453. The molecule has 1 aromatic rings. The van der Waals surface area contributed by atoms with E-state index in [4.69, 9.17) is 9.84 Å². The van der Waals surface area contributed by atoms with Gasteiger partial charge in [0, 0.05) is 13.1 Å². The Hall–Kier alpha value is -2.18. The zero-order valence-corrected chi connectivity index (χ0v) is 11.4. The Balaban J connectivity index is 2.22. The highest BCUT2D eigenvalue weighted by molar-refractivity contribution is 5.97. The standard InChI is InChI=1S/C14H15F2NO4/c1-21-12-10(16)3-2-9(15)11(12)13(18)17-6-4-8(5-7-17)14(19)20/h2-3,8H,4-7H2,1H3,(H,19,20). The Kier molecular flexibility index (Phi) is 4.40. The molecule has 21 heavy (non-hydrogen) atoms. The molecule has 0 aromatic heterocycles. The van der Waals surface area contributed by atoms with E-state index < -0.39 is 40.7 Å². The van der Waals surface area contributed by atoms with Gasteiger partial charge in [-0.1, -0.05) is 0 Å². The van der Waals surface area contributed by atoms with Crippen LogP contribution in [0.5, 0.6) is 5.75 Å². The molecule has 1 aliphatic rings. The fourth-order valence-corrected chi connectivity index (χ4v) is 2.42. The number of ether oxygens (including phenoxy) is 1. The first-order chi connectivity index (χ1) is 9.95. The maximum Gasteiger partial charge on any atom is 0.306 e. The highest BCUT2D eigenvalue weighted by atomic mass is 19.1. The number of benzene rings is 1. The van der Waals surface area contributed by atoms with E-state index >= 15 is 0 Å². The van der Waals surface area contributed by atoms with Gasteiger partial charge in [-0.2, -0.15) is 0 Å². The molecule has 1 heterocycles. The van der Waals surface area contributed by atoms with Gasteiger partial charge >= 0.3 is 5.97 Å². The summed E-state index contributed by atoms with van der Waals surface area (Å²) in [6, 6.07) is 1.76. The molecular formula is C14H15F2NO4. The van der Waals surface area contributed by atoms with Crippen LogP contribution in [0.25, 0.3) is 0 Å². The minimum absolute atomic E-state index is 0.189. The molecule has 114 valence electrons. The molecule has 0 atom stereocenters. The number of amides is 1. The molecule has 0 aliphatic carbocycles. The largest absolute Gasteiger partial charge is 0.493 e. The van der Waals surface area contributed by atoms with Crippen LogP contribution in [0.1, 0.15) is 23.2 Å². The summed E-state index contributed by atoms with van der Waals surface area (Å²) in [5, 5.41) is 8.91. The molecule has 1 N–H and O–H groups in total. The maximum absolute atomic E-state index is 13.8. The van der Waals surface area contributed by atoms with Crippen LogP contribution >= 0.6 is 0 Å². The van der Waals surface area contributed by atoms with Crippen molar-refractivity contribution < 1.29 is 28.2 Å². The lowest BCUT2D eigenvalue weighted by Crippen LogP contribution is -2.40. The number of halogens is 2. The zero-order valence-electron chi connectivity index (χ0n) is 11.4. The molecule has 1 aliphatic heterocycles. The van der Waals surface area contributed by atoms with E-state index in [9.17, 15) is 18.4 Å². The minimum atomic E-state index is -0.906. The Morgan fingerprint density at radius 2 is 1.81 bits per heavy atom. The zero-order chi connectivity index (χ0) is 15.6. The third-order valence-electron chi connectivity index (χ3n) is 3.61. The number of carboxylic acid groups (broad SMARTS) is 1. The van der Waals surface area contributed by atoms with Crippen LogP contribution in [0, 0.1) is 17.6 Å². The van der Waals surface area contributed by atoms with Gasteiger partial charge in [-0.25, -0.2) is 8.78 Å². The molecule has 7 heteroatoms. The number of likely N-dealkylation sites (tertiary alicyclic amines) is 1. The van der Waals surface area contributed by atoms with Crippen molar-refractivity contribution in [3.05, 3.63) is 29.3 Å². The molecule has 1 saturated heterocycles. The van der Waals surface area contributed by atoms with Crippen molar-refractivity contribution in [2.24, 2.45) is 5.92 Å². The molecule has 0 spiro atoms. The van der Waals surface area contributed by atoms with Crippen molar-refractivity contribution in [1.82, 2.24) is 4.90 Å². The van der Waals surface area contributed by atoms with E-state index in [0.717, 1.165) is 19.2 Å². The predicted molar refractivity (Wildman–Crippen MR) is 69.2 cm³/mol. The number of carbonyl (C=O) groups excluding carboxylic acids is 1. The topological polar surface area (TPSA) is 66.8 Å². The van der Waals surface area contributed by atoms with Crippen LogP contribution in [0.3, 0.4) is 0 Å². The summed E-state index contributed by atoms with van der Waals surface area (Å²) in [6.07, 6.45) is 0.584. The lowest BCUT2D eigenvalue weighted by Gasteiger charge is -2.30. The van der Waals surface area contributed by atoms with Gasteiger partial charge in [-0.15, -0.1) is 0 Å². The van der Waals surface area contributed by atoms with E-state index in [1.165, 1.54) is 4.90 Å². The second-order valence-corrected chi connectivity index (χ2v) is 4.84. The third kappa shape index (κ3) is 2.96. The van der Waals surface area contributed by atoms with Gasteiger partial charge in [-0.05, 0) is 25.0 Å². The van der Waals surface area contributed by atoms with Gasteiger partial charge in [0.15, 0.2) is 11.6 Å². The average molecular weight is 299 g/mol. The van der Waals surface area contributed by atoms with Crippen LogP contribution in [-0.4, -0.2) is 42.1 Å². The Morgan fingerprint density at radius 1 is 1.24 bits per heavy atom.